The van der Waals surface area contributed by atoms with Gasteiger partial charge in [0.25, 0.3) is 0 Å². The Kier molecular flexibility index (Phi) is 22.8. The topological polar surface area (TPSA) is 42.3 Å². The van der Waals surface area contributed by atoms with Crippen molar-refractivity contribution in [1.82, 2.24) is 0 Å². The van der Waals surface area contributed by atoms with Gasteiger partial charge in [0.05, 0.1) is 29.1 Å². The van der Waals surface area contributed by atoms with E-state index >= 15 is 0 Å². The Bertz CT molecular complexity index is 3100. The third-order valence-corrected chi connectivity index (χ3v) is 32.3. The summed E-state index contributed by atoms with van der Waals surface area (Å²) < 4.78 is 0. The van der Waals surface area contributed by atoms with E-state index in [0.717, 1.165) is 53.3 Å². The molecule has 93 heavy (non-hydrogen) atoms. The quantitative estimate of drug-likeness (QED) is 0.0725. The predicted octanol–water partition coefficient (Wildman–Crippen LogP) is 18.8. The molecule has 3 nitrogen and oxygen atoms in total. The molecule has 9 aromatic rings. The average Bonchev–Trinajstić information content (AvgIpc) is 0.817. The third kappa shape index (κ3) is 16.3. The molecule has 9 heteroatoms. The van der Waals surface area contributed by atoms with Gasteiger partial charge in [-0.05, 0) is 223 Å². The van der Waals surface area contributed by atoms with Crippen molar-refractivity contribution in [3.8, 4) is 0 Å². The largest absolute Gasteiger partial charge is 0.623 e. The number of rotatable bonds is 15. The molecule has 0 atom stereocenters. The molecule has 0 aliphatic heterocycles. The summed E-state index contributed by atoms with van der Waals surface area (Å²) in [4.78, 5) is 0. The normalized spacial score (nSPS) is 28.5. The van der Waals surface area contributed by atoms with Crippen molar-refractivity contribution in [3.05, 3.63) is 288 Å². The summed E-state index contributed by atoms with van der Waals surface area (Å²) in [7, 11) is -3.53. The van der Waals surface area contributed by atoms with Gasteiger partial charge in [0, 0.05) is 46.3 Å². The first-order valence-corrected chi connectivity index (χ1v) is 40.6. The molecule has 0 N–H and O–H groups in total. The molecule has 12 saturated carbocycles. The maximum Gasteiger partial charge on any atom is 0.102 e. The van der Waals surface area contributed by atoms with Crippen LogP contribution in [-0.4, -0.2) is 16.6 Å². The molecule has 0 saturated heterocycles. The molecule has 0 aromatic heterocycles. The molecular weight excluding hydrogens is 1330 g/mol. The fourth-order valence-electron chi connectivity index (χ4n) is 20.0. The van der Waals surface area contributed by atoms with Crippen LogP contribution in [0.2, 0.25) is 0 Å². The standard InChI is InChI=1S/2C22H26NP.C22H25NP.C18H15P.Pd.Sc/c3*1-3-7-20(8-4-1)24(21-9-5-2-6-10-21)23-22-14-17-11-18(15-22)13-19(12-17)16-22;1-4-10-16(11-5-1)19(17-12-6-2-7-13-17)18-14-8-3-9-15-18;;/h2*1-10,17-19,24H,11-16H2;1-10,17-19H,11-16H2;1-15H;;/q;;-1;;;/p+1. The minimum atomic E-state index is -1.04. The molecule has 0 spiro atoms. The fourth-order valence-corrected chi connectivity index (χ4v) is 29.4. The smallest absolute Gasteiger partial charge is 0.102 e. The number of hydrogen-bond donors (Lipinski definition) is 0. The Morgan fingerprint density at radius 2 is 0.430 bits per heavy atom. The van der Waals surface area contributed by atoms with E-state index in [1.807, 2.05) is 0 Å². The van der Waals surface area contributed by atoms with Crippen molar-refractivity contribution in [2.75, 3.05) is 0 Å². The molecule has 1 radical (unpaired) electrons. The van der Waals surface area contributed by atoms with Crippen LogP contribution >= 0.6 is 32.1 Å². The van der Waals surface area contributed by atoms with Gasteiger partial charge in [-0.1, -0.05) is 257 Å². The van der Waals surface area contributed by atoms with Crippen LogP contribution < -0.4 is 47.7 Å². The van der Waals surface area contributed by atoms with Gasteiger partial charge in [0.2, 0.25) is 0 Å². The van der Waals surface area contributed by atoms with Gasteiger partial charge in [0.15, 0.2) is 0 Å². The van der Waals surface area contributed by atoms with Gasteiger partial charge < -0.3 is 15.3 Å². The van der Waals surface area contributed by atoms with E-state index in [4.69, 9.17) is 15.3 Å². The Morgan fingerprint density at radius 3 is 0.645 bits per heavy atom. The van der Waals surface area contributed by atoms with E-state index in [1.54, 1.807) is 0 Å². The summed E-state index contributed by atoms with van der Waals surface area (Å²) in [6.07, 6.45) is 25.7. The maximum absolute atomic E-state index is 5.71. The predicted molar refractivity (Wildman–Crippen MR) is 399 cm³/mol. The van der Waals surface area contributed by atoms with Crippen LogP contribution in [-0.2, 0) is 46.3 Å². The Labute approximate surface area is 594 Å². The first-order chi connectivity index (χ1) is 44.8. The van der Waals surface area contributed by atoms with Crippen molar-refractivity contribution in [3.63, 3.8) is 0 Å². The molecule has 477 valence electrons. The Balaban J connectivity index is 0.000000113. The van der Waals surface area contributed by atoms with E-state index < -0.39 is 32.1 Å². The number of benzene rings is 9. The first kappa shape index (κ1) is 67.7. The summed E-state index contributed by atoms with van der Waals surface area (Å²) >= 11 is 0. The van der Waals surface area contributed by atoms with Gasteiger partial charge in [-0.3, -0.25) is 0 Å². The fraction of sp³-hybridized carbons (Fsp3) is 0.357. The second-order valence-corrected chi connectivity index (χ2v) is 37.9. The van der Waals surface area contributed by atoms with Crippen molar-refractivity contribution < 1.29 is 46.3 Å². The molecule has 0 unspecified atom stereocenters. The summed E-state index contributed by atoms with van der Waals surface area (Å²) in [6.45, 7) is 0. The maximum atomic E-state index is 5.71. The monoisotopic (exact) mass is 1420 g/mol. The molecule has 12 aliphatic rings. The zero-order chi connectivity index (χ0) is 60.9. The molecule has 12 fully saturated rings. The van der Waals surface area contributed by atoms with E-state index in [9.17, 15) is 0 Å². The second kappa shape index (κ2) is 31.3. The summed E-state index contributed by atoms with van der Waals surface area (Å²) in [6, 6.07) is 98.8. The SMILES string of the molecule is [Pd].[Sc].c1ccc(P([N-]C23CC4CC(CC(C4)C2)C3)c2ccccc2)cc1.c1ccc([PH+]([N-]C23CC4CC(CC(C4)C2)C3)c2ccccc2)cc1.c1ccc([PH+]([N-]C23CC4CC(CC(C4)C2)C3)c2ccccc2)cc1.c1ccc([PH+](c2ccccc2)c2ccccc2)cc1. The molecule has 0 heterocycles. The van der Waals surface area contributed by atoms with Crippen LogP contribution in [0, 0.1) is 53.3 Å². The summed E-state index contributed by atoms with van der Waals surface area (Å²) in [5, 5.41) is 30.0. The van der Waals surface area contributed by atoms with Gasteiger partial charge >= 0.3 is 0 Å². The number of nitrogens with zero attached hydrogens (tertiary/aromatic N) is 3. The van der Waals surface area contributed by atoms with Gasteiger partial charge in [-0.15, -0.1) is 5.54 Å². The average molecular weight is 1420 g/mol. The van der Waals surface area contributed by atoms with Crippen LogP contribution in [0.5, 0.6) is 0 Å². The first-order valence-electron chi connectivity index (χ1n) is 34.9. The molecular formula is C84H93N3P4PdSc. The van der Waals surface area contributed by atoms with Gasteiger partial charge in [0.1, 0.15) is 15.9 Å². The van der Waals surface area contributed by atoms with Crippen LogP contribution in [0.3, 0.4) is 0 Å². The van der Waals surface area contributed by atoms with Crippen LogP contribution in [0.15, 0.2) is 273 Å². The zero-order valence-corrected chi connectivity index (χ0v) is 61.3. The van der Waals surface area contributed by atoms with Crippen molar-refractivity contribution in [1.29, 1.82) is 0 Å². The third-order valence-electron chi connectivity index (χ3n) is 22.4. The van der Waals surface area contributed by atoms with Crippen molar-refractivity contribution in [2.45, 2.75) is 132 Å². The Morgan fingerprint density at radius 1 is 0.247 bits per heavy atom. The molecule has 9 aromatic carbocycles. The Hall–Kier alpha value is -3.89. The van der Waals surface area contributed by atoms with E-state index in [2.05, 4.69) is 273 Å². The van der Waals surface area contributed by atoms with Crippen LogP contribution in [0.25, 0.3) is 15.3 Å². The van der Waals surface area contributed by atoms with Gasteiger partial charge in [-0.2, -0.15) is 8.07 Å². The van der Waals surface area contributed by atoms with E-state index in [1.165, 1.54) is 163 Å². The van der Waals surface area contributed by atoms with E-state index in [0.29, 0.717) is 11.1 Å². The summed E-state index contributed by atoms with van der Waals surface area (Å²) in [5.74, 6) is 8.69. The summed E-state index contributed by atoms with van der Waals surface area (Å²) in [5.41, 5.74) is 0.885. The van der Waals surface area contributed by atoms with Gasteiger partial charge in [-0.25, -0.2) is 0 Å². The molecule has 12 aliphatic carbocycles. The minimum absolute atomic E-state index is 0. The minimum Gasteiger partial charge on any atom is -0.623 e. The molecule has 12 bridgehead atoms. The second-order valence-electron chi connectivity index (χ2n) is 29.4. The van der Waals surface area contributed by atoms with Crippen molar-refractivity contribution >= 4 is 79.9 Å². The van der Waals surface area contributed by atoms with Crippen molar-refractivity contribution in [2.24, 2.45) is 53.3 Å². The van der Waals surface area contributed by atoms with Crippen LogP contribution in [0.1, 0.15) is 116 Å². The zero-order valence-electron chi connectivity index (χ0n) is 54.1. The molecule has 21 rings (SSSR count). The van der Waals surface area contributed by atoms with E-state index in [-0.39, 0.29) is 51.8 Å². The number of hydrogen-bond acceptors (Lipinski definition) is 0. The van der Waals surface area contributed by atoms with Crippen LogP contribution in [0.4, 0.5) is 0 Å². The molecule has 0 amide bonds.